The van der Waals surface area contributed by atoms with Crippen molar-refractivity contribution in [2.45, 2.75) is 4.90 Å². The number of nitrogens with one attached hydrogen (secondary N) is 3. The second-order valence-corrected chi connectivity index (χ2v) is 8.37. The fourth-order valence-corrected chi connectivity index (χ4v) is 4.03. The van der Waals surface area contributed by atoms with Gasteiger partial charge < -0.3 is 26.4 Å². The molecule has 0 aliphatic heterocycles. The van der Waals surface area contributed by atoms with E-state index in [0.29, 0.717) is 41.2 Å². The molecule has 0 spiro atoms. The fourth-order valence-electron chi connectivity index (χ4n) is 3.58. The van der Waals surface area contributed by atoms with E-state index in [1.165, 1.54) is 10.8 Å². The van der Waals surface area contributed by atoms with Gasteiger partial charge in [0.2, 0.25) is 0 Å². The third-order valence-corrected chi connectivity index (χ3v) is 5.92. The first-order valence-corrected chi connectivity index (χ1v) is 11.9. The van der Waals surface area contributed by atoms with Crippen LogP contribution >= 0.6 is 11.8 Å². The number of hydrogen-bond donors (Lipinski definition) is 4. The number of thioether (sulfide) groups is 1. The van der Waals surface area contributed by atoms with Crippen molar-refractivity contribution in [3.63, 3.8) is 0 Å². The summed E-state index contributed by atoms with van der Waals surface area (Å²) in [5, 5.41) is 12.7. The third kappa shape index (κ3) is 5.53. The Balaban J connectivity index is 1.58. The Morgan fingerprint density at radius 1 is 1.11 bits per heavy atom. The first-order chi connectivity index (χ1) is 17.0. The average Bonchev–Trinajstić information content (AvgIpc) is 3.26. The molecule has 0 radical (unpaired) electrons. The molecule has 2 aromatic carbocycles. The highest BCUT2D eigenvalue weighted by molar-refractivity contribution is 7.98. The molecule has 0 fully saturated rings. The molecule has 0 atom stereocenters. The van der Waals surface area contributed by atoms with Crippen LogP contribution in [0.3, 0.4) is 0 Å². The number of ether oxygens (including phenoxy) is 1. The second-order valence-electron chi connectivity index (χ2n) is 7.49. The maximum Gasteiger partial charge on any atom is 0.323 e. The molecule has 2 aromatic heterocycles. The number of rotatable bonds is 8. The third-order valence-electron chi connectivity index (χ3n) is 5.20. The van der Waals surface area contributed by atoms with Crippen molar-refractivity contribution in [3.8, 4) is 11.1 Å². The molecular weight excluding hydrogens is 466 g/mol. The zero-order valence-corrected chi connectivity index (χ0v) is 20.1. The molecule has 0 saturated carbocycles. The number of hydrogen-bond acceptors (Lipinski definition) is 7. The van der Waals surface area contributed by atoms with Crippen molar-refractivity contribution >= 4 is 46.4 Å². The number of nitrogens with two attached hydrogens (primary N) is 1. The fraction of sp³-hybridized carbons (Fsp3) is 0.167. The van der Waals surface area contributed by atoms with Gasteiger partial charge in [0.05, 0.1) is 12.2 Å². The van der Waals surface area contributed by atoms with Gasteiger partial charge in [0.25, 0.3) is 5.91 Å². The Hall–Kier alpha value is -4.09. The lowest BCUT2D eigenvalue weighted by Crippen LogP contribution is -2.27. The van der Waals surface area contributed by atoms with Crippen LogP contribution in [0.2, 0.25) is 0 Å². The highest BCUT2D eigenvalue weighted by Crippen LogP contribution is 2.33. The van der Waals surface area contributed by atoms with Gasteiger partial charge in [-0.25, -0.2) is 14.3 Å². The highest BCUT2D eigenvalue weighted by atomic mass is 32.2. The Labute approximate surface area is 206 Å². The number of amides is 3. The smallest absolute Gasteiger partial charge is 0.323 e. The summed E-state index contributed by atoms with van der Waals surface area (Å²) < 4.78 is 6.54. The lowest BCUT2D eigenvalue weighted by atomic mass is 10.0. The summed E-state index contributed by atoms with van der Waals surface area (Å²) >= 11 is 1.60. The van der Waals surface area contributed by atoms with Crippen molar-refractivity contribution in [3.05, 3.63) is 66.6 Å². The summed E-state index contributed by atoms with van der Waals surface area (Å²) in [6.07, 6.45) is 4.93. The largest absolute Gasteiger partial charge is 0.383 e. The minimum Gasteiger partial charge on any atom is -0.383 e. The maximum absolute atomic E-state index is 12.9. The maximum atomic E-state index is 12.9. The monoisotopic (exact) mass is 491 g/mol. The quantitative estimate of drug-likeness (QED) is 0.218. The van der Waals surface area contributed by atoms with E-state index >= 15 is 0 Å². The van der Waals surface area contributed by atoms with E-state index < -0.39 is 0 Å². The van der Waals surface area contributed by atoms with Crippen molar-refractivity contribution < 1.29 is 14.3 Å². The van der Waals surface area contributed by atoms with Gasteiger partial charge in [-0.15, -0.1) is 11.8 Å². The van der Waals surface area contributed by atoms with Crippen LogP contribution in [0, 0.1) is 0 Å². The van der Waals surface area contributed by atoms with Gasteiger partial charge in [0.15, 0.2) is 5.82 Å². The minimum absolute atomic E-state index is 0.250. The summed E-state index contributed by atoms with van der Waals surface area (Å²) in [6.45, 7) is 0.750. The zero-order chi connectivity index (χ0) is 24.8. The molecule has 0 bridgehead atoms. The number of nitrogen functional groups attached to an aromatic ring is 1. The summed E-state index contributed by atoms with van der Waals surface area (Å²) in [6, 6.07) is 14.3. The van der Waals surface area contributed by atoms with Crippen LogP contribution in [-0.4, -0.2) is 53.1 Å². The van der Waals surface area contributed by atoms with E-state index in [1.807, 2.05) is 30.5 Å². The number of benzene rings is 2. The van der Waals surface area contributed by atoms with E-state index in [9.17, 15) is 9.59 Å². The SMILES string of the molecule is COCCNC(=O)c1cn2ncnc(N)c2c1-c1ccc(NC(=O)Nc2cccc(SC)c2)cc1. The first kappa shape index (κ1) is 24.0. The second kappa shape index (κ2) is 10.9. The first-order valence-electron chi connectivity index (χ1n) is 10.7. The number of urea groups is 1. The highest BCUT2D eigenvalue weighted by Gasteiger charge is 2.21. The van der Waals surface area contributed by atoms with Crippen LogP contribution in [0.25, 0.3) is 16.6 Å². The van der Waals surface area contributed by atoms with Crippen LogP contribution in [0.15, 0.2) is 66.0 Å². The van der Waals surface area contributed by atoms with E-state index in [4.69, 9.17) is 10.5 Å². The number of methoxy groups -OCH3 is 1. The Bertz CT molecular complexity index is 1360. The van der Waals surface area contributed by atoms with Crippen molar-refractivity contribution in [2.24, 2.45) is 0 Å². The van der Waals surface area contributed by atoms with Gasteiger partial charge in [-0.2, -0.15) is 5.10 Å². The van der Waals surface area contributed by atoms with E-state index in [-0.39, 0.29) is 17.8 Å². The predicted octanol–water partition coefficient (Wildman–Crippen LogP) is 3.72. The van der Waals surface area contributed by atoms with Crippen molar-refractivity contribution in [1.29, 1.82) is 0 Å². The van der Waals surface area contributed by atoms with Crippen molar-refractivity contribution in [2.75, 3.05) is 42.9 Å². The van der Waals surface area contributed by atoms with Gasteiger partial charge in [-0.05, 0) is 42.2 Å². The summed E-state index contributed by atoms with van der Waals surface area (Å²) in [4.78, 5) is 30.5. The summed E-state index contributed by atoms with van der Waals surface area (Å²) in [5.41, 5.74) is 9.67. The average molecular weight is 492 g/mol. The van der Waals surface area contributed by atoms with E-state index in [1.54, 1.807) is 49.3 Å². The molecule has 5 N–H and O–H groups in total. The van der Waals surface area contributed by atoms with Gasteiger partial charge >= 0.3 is 6.03 Å². The van der Waals surface area contributed by atoms with Gasteiger partial charge in [0, 0.05) is 41.7 Å². The molecule has 3 amide bonds. The molecule has 10 nitrogen and oxygen atoms in total. The summed E-state index contributed by atoms with van der Waals surface area (Å²) in [7, 11) is 1.57. The predicted molar refractivity (Wildman–Crippen MR) is 138 cm³/mol. The molecule has 0 saturated heterocycles. The van der Waals surface area contributed by atoms with Crippen LogP contribution in [0.5, 0.6) is 0 Å². The molecule has 35 heavy (non-hydrogen) atoms. The normalized spacial score (nSPS) is 10.8. The van der Waals surface area contributed by atoms with Gasteiger partial charge in [-0.3, -0.25) is 4.79 Å². The van der Waals surface area contributed by atoms with Crippen LogP contribution in [0.1, 0.15) is 10.4 Å². The number of nitrogens with zero attached hydrogens (tertiary/aromatic N) is 3. The van der Waals surface area contributed by atoms with Crippen LogP contribution < -0.4 is 21.7 Å². The molecule has 180 valence electrons. The molecule has 0 unspecified atom stereocenters. The molecule has 2 heterocycles. The van der Waals surface area contributed by atoms with Crippen LogP contribution in [-0.2, 0) is 4.74 Å². The van der Waals surface area contributed by atoms with E-state index in [2.05, 4.69) is 26.0 Å². The van der Waals surface area contributed by atoms with Crippen molar-refractivity contribution in [1.82, 2.24) is 19.9 Å². The Morgan fingerprint density at radius 3 is 2.63 bits per heavy atom. The molecule has 0 aliphatic carbocycles. The van der Waals surface area contributed by atoms with Gasteiger partial charge in [-0.1, -0.05) is 18.2 Å². The summed E-state index contributed by atoms with van der Waals surface area (Å²) in [5.74, 6) is -0.0315. The number of carbonyl (C=O) groups excluding carboxylic acids is 2. The number of carbonyl (C=O) groups is 2. The number of anilines is 3. The molecular formula is C24H25N7O3S. The van der Waals surface area contributed by atoms with Crippen LogP contribution in [0.4, 0.5) is 22.0 Å². The standard InChI is InChI=1S/C24H25N7O3S/c1-34-11-10-26-23(32)19-13-31-21(22(25)27-14-28-31)20(19)15-6-8-16(9-7-15)29-24(33)30-17-4-3-5-18(12-17)35-2/h3-9,12-14H,10-11H2,1-2H3,(H,26,32)(H2,25,27,28)(H2,29,30,33). The zero-order valence-electron chi connectivity index (χ0n) is 19.2. The molecule has 0 aliphatic rings. The Morgan fingerprint density at radius 2 is 1.89 bits per heavy atom. The van der Waals surface area contributed by atoms with E-state index in [0.717, 1.165) is 10.5 Å². The molecule has 4 aromatic rings. The topological polar surface area (TPSA) is 136 Å². The molecule has 11 heteroatoms. The lowest BCUT2D eigenvalue weighted by Gasteiger charge is -2.10. The number of aromatic nitrogens is 3. The minimum atomic E-state index is -0.360. The van der Waals surface area contributed by atoms with Gasteiger partial charge in [0.1, 0.15) is 11.8 Å². The number of fused-ring (bicyclic) bond motifs is 1. The lowest BCUT2D eigenvalue weighted by molar-refractivity contribution is 0.0937. The molecule has 4 rings (SSSR count). The Kier molecular flexibility index (Phi) is 7.48.